The maximum absolute atomic E-state index is 13.5. The highest BCUT2D eigenvalue weighted by molar-refractivity contribution is 7.91. The molecule has 0 bridgehead atoms. The number of halogens is 1. The van der Waals surface area contributed by atoms with Gasteiger partial charge in [0.15, 0.2) is 9.84 Å². The van der Waals surface area contributed by atoms with Gasteiger partial charge in [-0.15, -0.1) is 0 Å². The van der Waals surface area contributed by atoms with E-state index in [4.69, 9.17) is 0 Å². The van der Waals surface area contributed by atoms with Gasteiger partial charge in [0.1, 0.15) is 5.82 Å². The van der Waals surface area contributed by atoms with Crippen molar-refractivity contribution >= 4 is 15.5 Å². The number of benzene rings is 2. The van der Waals surface area contributed by atoms with Crippen LogP contribution in [0.1, 0.15) is 12.5 Å². The molecule has 0 amide bonds. The van der Waals surface area contributed by atoms with Gasteiger partial charge in [-0.05, 0) is 30.2 Å². The lowest BCUT2D eigenvalue weighted by Crippen LogP contribution is -2.11. The SMILES string of the molecule is CCS(=O)(=O)c1ccccc1NCCc1ccccc1F. The average molecular weight is 307 g/mol. The van der Waals surface area contributed by atoms with Crippen LogP contribution in [-0.2, 0) is 16.3 Å². The molecule has 0 aliphatic rings. The van der Waals surface area contributed by atoms with Crippen LogP contribution in [0.2, 0.25) is 0 Å². The average Bonchev–Trinajstić information content (AvgIpc) is 2.49. The molecule has 112 valence electrons. The summed E-state index contributed by atoms with van der Waals surface area (Å²) in [7, 11) is -3.27. The molecule has 0 aliphatic heterocycles. The molecule has 2 aromatic rings. The Morgan fingerprint density at radius 1 is 1.05 bits per heavy atom. The number of anilines is 1. The van der Waals surface area contributed by atoms with Crippen molar-refractivity contribution in [3.05, 3.63) is 59.9 Å². The van der Waals surface area contributed by atoms with Crippen LogP contribution in [0.5, 0.6) is 0 Å². The third kappa shape index (κ3) is 3.82. The fraction of sp³-hybridized carbons (Fsp3) is 0.250. The van der Waals surface area contributed by atoms with E-state index in [1.807, 2.05) is 0 Å². The zero-order valence-corrected chi connectivity index (χ0v) is 12.7. The van der Waals surface area contributed by atoms with Crippen LogP contribution in [-0.4, -0.2) is 20.7 Å². The molecule has 2 aromatic carbocycles. The Morgan fingerprint density at radius 2 is 1.71 bits per heavy atom. The van der Waals surface area contributed by atoms with Crippen molar-refractivity contribution in [1.29, 1.82) is 0 Å². The zero-order chi connectivity index (χ0) is 15.3. The van der Waals surface area contributed by atoms with Crippen molar-refractivity contribution < 1.29 is 12.8 Å². The lowest BCUT2D eigenvalue weighted by Gasteiger charge is -2.12. The second kappa shape index (κ2) is 6.72. The summed E-state index contributed by atoms with van der Waals surface area (Å²) in [6.07, 6.45) is 0.493. The fourth-order valence-corrected chi connectivity index (χ4v) is 3.14. The summed E-state index contributed by atoms with van der Waals surface area (Å²) in [6, 6.07) is 13.4. The van der Waals surface area contributed by atoms with Crippen LogP contribution >= 0.6 is 0 Å². The van der Waals surface area contributed by atoms with Gasteiger partial charge in [-0.25, -0.2) is 12.8 Å². The minimum absolute atomic E-state index is 0.0546. The molecule has 21 heavy (non-hydrogen) atoms. The molecule has 2 rings (SSSR count). The Balaban J connectivity index is 2.10. The van der Waals surface area contributed by atoms with Crippen molar-refractivity contribution in [3.63, 3.8) is 0 Å². The third-order valence-corrected chi connectivity index (χ3v) is 5.06. The summed E-state index contributed by atoms with van der Waals surface area (Å²) in [6.45, 7) is 2.09. The zero-order valence-electron chi connectivity index (χ0n) is 11.8. The quantitative estimate of drug-likeness (QED) is 0.891. The van der Waals surface area contributed by atoms with E-state index < -0.39 is 9.84 Å². The predicted octanol–water partition coefficient (Wildman–Crippen LogP) is 3.27. The van der Waals surface area contributed by atoms with Gasteiger partial charge >= 0.3 is 0 Å². The maximum Gasteiger partial charge on any atom is 0.180 e. The first kappa shape index (κ1) is 15.5. The summed E-state index contributed by atoms with van der Waals surface area (Å²) in [5.74, 6) is -0.187. The van der Waals surface area contributed by atoms with E-state index >= 15 is 0 Å². The minimum atomic E-state index is -3.27. The van der Waals surface area contributed by atoms with Crippen molar-refractivity contribution in [2.24, 2.45) is 0 Å². The fourth-order valence-electron chi connectivity index (χ4n) is 2.07. The molecular formula is C16H18FNO2S. The molecule has 0 heterocycles. The standard InChI is InChI=1S/C16H18FNO2S/c1-2-21(19,20)16-10-6-5-9-15(16)18-12-11-13-7-3-4-8-14(13)17/h3-10,18H,2,11-12H2,1H3. The van der Waals surface area contributed by atoms with Gasteiger partial charge in [-0.1, -0.05) is 37.3 Å². The van der Waals surface area contributed by atoms with Gasteiger partial charge in [0, 0.05) is 6.54 Å². The van der Waals surface area contributed by atoms with Gasteiger partial charge in [0.25, 0.3) is 0 Å². The van der Waals surface area contributed by atoms with Gasteiger partial charge < -0.3 is 5.32 Å². The van der Waals surface area contributed by atoms with Crippen LogP contribution in [0, 0.1) is 5.82 Å². The van der Waals surface area contributed by atoms with Crippen LogP contribution in [0.4, 0.5) is 10.1 Å². The predicted molar refractivity (Wildman–Crippen MR) is 82.8 cm³/mol. The topological polar surface area (TPSA) is 46.2 Å². The van der Waals surface area contributed by atoms with E-state index in [0.717, 1.165) is 0 Å². The first-order valence-electron chi connectivity index (χ1n) is 6.83. The molecule has 5 heteroatoms. The molecule has 0 saturated heterocycles. The number of hydrogen-bond donors (Lipinski definition) is 1. The molecule has 3 nitrogen and oxygen atoms in total. The molecule has 0 aromatic heterocycles. The number of nitrogens with one attached hydrogen (secondary N) is 1. The second-order valence-electron chi connectivity index (χ2n) is 4.67. The molecule has 0 radical (unpaired) electrons. The van der Waals surface area contributed by atoms with E-state index in [0.29, 0.717) is 29.1 Å². The first-order valence-corrected chi connectivity index (χ1v) is 8.49. The highest BCUT2D eigenvalue weighted by atomic mass is 32.2. The highest BCUT2D eigenvalue weighted by Gasteiger charge is 2.15. The van der Waals surface area contributed by atoms with Crippen LogP contribution < -0.4 is 5.32 Å². The Bertz CT molecular complexity index is 714. The Kier molecular flexibility index (Phi) is 4.96. The molecular weight excluding hydrogens is 289 g/mol. The largest absolute Gasteiger partial charge is 0.384 e. The minimum Gasteiger partial charge on any atom is -0.384 e. The van der Waals surface area contributed by atoms with Crippen molar-refractivity contribution in [2.75, 3.05) is 17.6 Å². The van der Waals surface area contributed by atoms with Crippen LogP contribution in [0.3, 0.4) is 0 Å². The van der Waals surface area contributed by atoms with Crippen molar-refractivity contribution in [1.82, 2.24) is 0 Å². The molecule has 0 atom stereocenters. The normalized spacial score (nSPS) is 11.3. The molecule has 0 aliphatic carbocycles. The van der Waals surface area contributed by atoms with Crippen molar-refractivity contribution in [3.8, 4) is 0 Å². The number of hydrogen-bond acceptors (Lipinski definition) is 3. The van der Waals surface area contributed by atoms with Gasteiger partial charge in [0.05, 0.1) is 16.3 Å². The van der Waals surface area contributed by atoms with Gasteiger partial charge in [-0.2, -0.15) is 0 Å². The van der Waals surface area contributed by atoms with E-state index in [2.05, 4.69) is 5.32 Å². The van der Waals surface area contributed by atoms with Crippen molar-refractivity contribution in [2.45, 2.75) is 18.2 Å². The Morgan fingerprint density at radius 3 is 2.43 bits per heavy atom. The molecule has 0 unspecified atom stereocenters. The molecule has 0 spiro atoms. The van der Waals surface area contributed by atoms with Crippen LogP contribution in [0.15, 0.2) is 53.4 Å². The Hall–Kier alpha value is -1.88. The summed E-state index contributed by atoms with van der Waals surface area (Å²) < 4.78 is 37.5. The van der Waals surface area contributed by atoms with Gasteiger partial charge in [-0.3, -0.25) is 0 Å². The lowest BCUT2D eigenvalue weighted by molar-refractivity contribution is 0.597. The smallest absolute Gasteiger partial charge is 0.180 e. The van der Waals surface area contributed by atoms with E-state index in [1.165, 1.54) is 6.07 Å². The lowest BCUT2D eigenvalue weighted by atomic mass is 10.1. The molecule has 0 fully saturated rings. The molecule has 0 saturated carbocycles. The number of sulfone groups is 1. The summed E-state index contributed by atoms with van der Waals surface area (Å²) in [5.41, 5.74) is 1.18. The Labute approximate surface area is 124 Å². The van der Waals surface area contributed by atoms with E-state index in [9.17, 15) is 12.8 Å². The summed E-state index contributed by atoms with van der Waals surface area (Å²) >= 11 is 0. The number of para-hydroxylation sites is 1. The summed E-state index contributed by atoms with van der Waals surface area (Å²) in [4.78, 5) is 0.293. The second-order valence-corrected chi connectivity index (χ2v) is 6.91. The summed E-state index contributed by atoms with van der Waals surface area (Å²) in [5, 5.41) is 3.08. The number of rotatable bonds is 6. The monoisotopic (exact) mass is 307 g/mol. The third-order valence-electron chi connectivity index (χ3n) is 3.27. The van der Waals surface area contributed by atoms with Gasteiger partial charge in [0.2, 0.25) is 0 Å². The first-order chi connectivity index (χ1) is 10.0. The maximum atomic E-state index is 13.5. The van der Waals surface area contributed by atoms with E-state index in [-0.39, 0.29) is 11.6 Å². The van der Waals surface area contributed by atoms with E-state index in [1.54, 1.807) is 49.4 Å². The van der Waals surface area contributed by atoms with Crippen LogP contribution in [0.25, 0.3) is 0 Å². The molecule has 1 N–H and O–H groups in total. The highest BCUT2D eigenvalue weighted by Crippen LogP contribution is 2.22.